The molecule has 0 amide bonds. The van der Waals surface area contributed by atoms with E-state index >= 15 is 0 Å². The number of carbonyl (C=O) groups is 1. The number of halogens is 1. The molecule has 0 aliphatic rings. The molecule has 0 saturated heterocycles. The van der Waals surface area contributed by atoms with Gasteiger partial charge in [0.1, 0.15) is 11.5 Å². The zero-order valence-electron chi connectivity index (χ0n) is 11.9. The third kappa shape index (κ3) is 3.20. The van der Waals surface area contributed by atoms with Crippen LogP contribution in [0.3, 0.4) is 0 Å². The van der Waals surface area contributed by atoms with E-state index in [0.29, 0.717) is 17.7 Å². The Morgan fingerprint density at radius 2 is 1.75 bits per heavy atom. The molecule has 0 N–H and O–H groups in total. The Morgan fingerprint density at radius 1 is 1.10 bits per heavy atom. The lowest BCUT2D eigenvalue weighted by molar-refractivity contribution is 0.0988. The van der Waals surface area contributed by atoms with Crippen LogP contribution in [-0.2, 0) is 0 Å². The first kappa shape index (κ1) is 14.6. The molecule has 0 atom stereocenters. The molecular formula is C17H17ClO2. The van der Waals surface area contributed by atoms with Crippen LogP contribution in [0.15, 0.2) is 36.4 Å². The molecule has 0 unspecified atom stereocenters. The largest absolute Gasteiger partial charge is 0.457 e. The molecule has 2 aromatic rings. The van der Waals surface area contributed by atoms with Crippen LogP contribution in [-0.4, -0.2) is 5.78 Å². The highest BCUT2D eigenvalue weighted by Crippen LogP contribution is 2.29. The van der Waals surface area contributed by atoms with Crippen molar-refractivity contribution in [3.63, 3.8) is 0 Å². The van der Waals surface area contributed by atoms with Gasteiger partial charge < -0.3 is 4.74 Å². The molecule has 0 bridgehead atoms. The van der Waals surface area contributed by atoms with Gasteiger partial charge in [-0.2, -0.15) is 0 Å². The summed E-state index contributed by atoms with van der Waals surface area (Å²) < 4.78 is 5.82. The highest BCUT2D eigenvalue weighted by atomic mass is 35.5. The van der Waals surface area contributed by atoms with Crippen molar-refractivity contribution in [1.29, 1.82) is 0 Å². The molecule has 2 nitrogen and oxygen atoms in total. The van der Waals surface area contributed by atoms with Crippen LogP contribution in [0.4, 0.5) is 0 Å². The van der Waals surface area contributed by atoms with Gasteiger partial charge in [-0.15, -0.1) is 0 Å². The van der Waals surface area contributed by atoms with Crippen LogP contribution in [0.1, 0.15) is 34.8 Å². The first-order chi connectivity index (χ1) is 9.51. The topological polar surface area (TPSA) is 26.3 Å². The van der Waals surface area contributed by atoms with E-state index in [1.54, 1.807) is 12.1 Å². The Hall–Kier alpha value is -1.80. The fourth-order valence-corrected chi connectivity index (χ4v) is 2.15. The third-order valence-electron chi connectivity index (χ3n) is 3.12. The molecule has 0 aromatic heterocycles. The maximum atomic E-state index is 11.7. The van der Waals surface area contributed by atoms with Crippen LogP contribution in [0, 0.1) is 13.8 Å². The fourth-order valence-electron chi connectivity index (χ4n) is 2.04. The van der Waals surface area contributed by atoms with Crippen molar-refractivity contribution in [3.8, 4) is 11.5 Å². The normalized spacial score (nSPS) is 10.4. The van der Waals surface area contributed by atoms with Gasteiger partial charge in [-0.25, -0.2) is 0 Å². The Labute approximate surface area is 124 Å². The molecule has 20 heavy (non-hydrogen) atoms. The predicted octanol–water partition coefficient (Wildman–Crippen LogP) is 5.34. The standard InChI is InChI=1S/C17H17ClO2/c1-4-16(19)13-6-5-7-14(10-13)20-15-8-11(2)17(18)12(3)9-15/h5-10H,4H2,1-3H3. The Bertz CT molecular complexity index is 624. The van der Waals surface area contributed by atoms with Crippen LogP contribution >= 0.6 is 11.6 Å². The van der Waals surface area contributed by atoms with Crippen molar-refractivity contribution in [2.45, 2.75) is 27.2 Å². The van der Waals surface area contributed by atoms with E-state index in [-0.39, 0.29) is 5.78 Å². The van der Waals surface area contributed by atoms with Gasteiger partial charge in [-0.1, -0.05) is 30.7 Å². The van der Waals surface area contributed by atoms with Crippen LogP contribution in [0.2, 0.25) is 5.02 Å². The van der Waals surface area contributed by atoms with E-state index in [1.807, 2.05) is 45.0 Å². The van der Waals surface area contributed by atoms with Gasteiger partial charge in [-0.3, -0.25) is 4.79 Å². The van der Waals surface area contributed by atoms with Gasteiger partial charge in [0.05, 0.1) is 0 Å². The average Bonchev–Trinajstić information content (AvgIpc) is 2.44. The summed E-state index contributed by atoms with van der Waals surface area (Å²) in [7, 11) is 0. The summed E-state index contributed by atoms with van der Waals surface area (Å²) in [5.74, 6) is 1.50. The van der Waals surface area contributed by atoms with E-state index in [9.17, 15) is 4.79 Å². The minimum Gasteiger partial charge on any atom is -0.457 e. The first-order valence-corrected chi connectivity index (χ1v) is 6.97. The minimum absolute atomic E-state index is 0.110. The van der Waals surface area contributed by atoms with Crippen LogP contribution in [0.25, 0.3) is 0 Å². The number of benzene rings is 2. The molecule has 0 aliphatic carbocycles. The summed E-state index contributed by atoms with van der Waals surface area (Å²) in [6.45, 7) is 5.74. The number of hydrogen-bond acceptors (Lipinski definition) is 2. The fraction of sp³-hybridized carbons (Fsp3) is 0.235. The lowest BCUT2D eigenvalue weighted by Gasteiger charge is -2.10. The predicted molar refractivity (Wildman–Crippen MR) is 82.1 cm³/mol. The maximum Gasteiger partial charge on any atom is 0.162 e. The minimum atomic E-state index is 0.110. The number of Topliss-reactive ketones (excluding diaryl/α,β-unsaturated/α-hetero) is 1. The molecule has 0 aliphatic heterocycles. The summed E-state index contributed by atoms with van der Waals surface area (Å²) in [6.07, 6.45) is 0.489. The molecule has 0 radical (unpaired) electrons. The molecule has 104 valence electrons. The molecular weight excluding hydrogens is 272 g/mol. The zero-order chi connectivity index (χ0) is 14.7. The van der Waals surface area contributed by atoms with Gasteiger partial charge in [0.25, 0.3) is 0 Å². The van der Waals surface area contributed by atoms with Crippen molar-refractivity contribution in [2.24, 2.45) is 0 Å². The van der Waals surface area contributed by atoms with E-state index < -0.39 is 0 Å². The van der Waals surface area contributed by atoms with Gasteiger partial charge in [0.2, 0.25) is 0 Å². The smallest absolute Gasteiger partial charge is 0.162 e. The maximum absolute atomic E-state index is 11.7. The number of aryl methyl sites for hydroxylation is 2. The second-order valence-corrected chi connectivity index (χ2v) is 5.16. The van der Waals surface area contributed by atoms with Crippen molar-refractivity contribution in [1.82, 2.24) is 0 Å². The molecule has 3 heteroatoms. The van der Waals surface area contributed by atoms with Gasteiger partial charge in [0.15, 0.2) is 5.78 Å². The van der Waals surface area contributed by atoms with Crippen LogP contribution < -0.4 is 4.74 Å². The van der Waals surface area contributed by atoms with Gasteiger partial charge in [-0.05, 0) is 49.2 Å². The lowest BCUT2D eigenvalue weighted by Crippen LogP contribution is -1.96. The number of ether oxygens (including phenoxy) is 1. The Kier molecular flexibility index (Phi) is 4.46. The van der Waals surface area contributed by atoms with Gasteiger partial charge in [0, 0.05) is 17.0 Å². The monoisotopic (exact) mass is 288 g/mol. The number of rotatable bonds is 4. The Balaban J connectivity index is 2.28. The average molecular weight is 289 g/mol. The Morgan fingerprint density at radius 3 is 2.35 bits per heavy atom. The lowest BCUT2D eigenvalue weighted by atomic mass is 10.1. The summed E-state index contributed by atoms with van der Waals surface area (Å²) >= 11 is 6.14. The second kappa shape index (κ2) is 6.10. The molecule has 0 saturated carbocycles. The molecule has 0 spiro atoms. The van der Waals surface area contributed by atoms with Crippen molar-refractivity contribution < 1.29 is 9.53 Å². The molecule has 2 aromatic carbocycles. The van der Waals surface area contributed by atoms with Crippen molar-refractivity contribution >= 4 is 17.4 Å². The number of hydrogen-bond donors (Lipinski definition) is 0. The third-order valence-corrected chi connectivity index (χ3v) is 3.72. The molecule has 2 rings (SSSR count). The number of ketones is 1. The SMILES string of the molecule is CCC(=O)c1cccc(Oc2cc(C)c(Cl)c(C)c2)c1. The van der Waals surface area contributed by atoms with E-state index in [4.69, 9.17) is 16.3 Å². The van der Waals surface area contributed by atoms with E-state index in [2.05, 4.69) is 0 Å². The highest BCUT2D eigenvalue weighted by Gasteiger charge is 2.07. The highest BCUT2D eigenvalue weighted by molar-refractivity contribution is 6.32. The molecule has 0 heterocycles. The molecule has 0 fully saturated rings. The van der Waals surface area contributed by atoms with Crippen LogP contribution in [0.5, 0.6) is 11.5 Å². The second-order valence-electron chi connectivity index (χ2n) is 4.78. The van der Waals surface area contributed by atoms with E-state index in [0.717, 1.165) is 21.9 Å². The summed E-state index contributed by atoms with van der Waals surface area (Å²) in [5.41, 5.74) is 2.62. The summed E-state index contributed by atoms with van der Waals surface area (Å²) in [5, 5.41) is 0.757. The van der Waals surface area contributed by atoms with E-state index in [1.165, 1.54) is 0 Å². The van der Waals surface area contributed by atoms with Crippen molar-refractivity contribution in [2.75, 3.05) is 0 Å². The first-order valence-electron chi connectivity index (χ1n) is 6.59. The quantitative estimate of drug-likeness (QED) is 0.710. The number of carbonyl (C=O) groups excluding carboxylic acids is 1. The summed E-state index contributed by atoms with van der Waals surface area (Å²) in [6, 6.07) is 11.0. The zero-order valence-corrected chi connectivity index (χ0v) is 12.6. The summed E-state index contributed by atoms with van der Waals surface area (Å²) in [4.78, 5) is 11.7. The van der Waals surface area contributed by atoms with Gasteiger partial charge >= 0.3 is 0 Å². The van der Waals surface area contributed by atoms with Crippen molar-refractivity contribution in [3.05, 3.63) is 58.1 Å².